The molecule has 2 amide bonds. The molecule has 25 heavy (non-hydrogen) atoms. The van der Waals surface area contributed by atoms with Gasteiger partial charge in [-0.25, -0.2) is 0 Å². The van der Waals surface area contributed by atoms with Gasteiger partial charge in [0.05, 0.1) is 17.1 Å². The molecule has 0 saturated carbocycles. The summed E-state index contributed by atoms with van der Waals surface area (Å²) in [6.07, 6.45) is 0. The Morgan fingerprint density at radius 2 is 1.76 bits per heavy atom. The standard InChI is InChI=1S/C18H19Cl2N3O2/c1-21-18(25)12-6-8-14(9-7-12)22-16(24)11-23(2)10-13-4-3-5-15(19)17(13)20/h3-9H,10-11H2,1-2H3,(H,21,25)(H,22,24)/p+1. The molecule has 3 N–H and O–H groups in total. The van der Waals surface area contributed by atoms with Crippen molar-refractivity contribution in [3.63, 3.8) is 0 Å². The molecule has 132 valence electrons. The molecular formula is C18H20Cl2N3O2+. The van der Waals surface area contributed by atoms with E-state index < -0.39 is 0 Å². The normalized spacial score (nSPS) is 11.7. The van der Waals surface area contributed by atoms with Crippen LogP contribution in [-0.4, -0.2) is 32.5 Å². The summed E-state index contributed by atoms with van der Waals surface area (Å²) in [6, 6.07) is 12.2. The van der Waals surface area contributed by atoms with Crippen LogP contribution in [0.25, 0.3) is 0 Å². The van der Waals surface area contributed by atoms with Gasteiger partial charge in [0.1, 0.15) is 6.54 Å². The number of anilines is 1. The Hall–Kier alpha value is -2.08. The maximum absolute atomic E-state index is 12.2. The van der Waals surface area contributed by atoms with Gasteiger partial charge in [0.15, 0.2) is 6.54 Å². The third-order valence-electron chi connectivity index (χ3n) is 3.64. The topological polar surface area (TPSA) is 62.6 Å². The lowest BCUT2D eigenvalue weighted by Gasteiger charge is -2.15. The molecule has 0 heterocycles. The van der Waals surface area contributed by atoms with Gasteiger partial charge in [-0.05, 0) is 30.3 Å². The molecule has 1 atom stereocenters. The molecule has 2 aromatic carbocycles. The predicted octanol–water partition coefficient (Wildman–Crippen LogP) is 2.01. The molecule has 2 rings (SSSR count). The van der Waals surface area contributed by atoms with Crippen LogP contribution in [0, 0.1) is 0 Å². The maximum Gasteiger partial charge on any atom is 0.279 e. The summed E-state index contributed by atoms with van der Waals surface area (Å²) in [5, 5.41) is 6.40. The molecule has 0 fully saturated rings. The van der Waals surface area contributed by atoms with Gasteiger partial charge >= 0.3 is 0 Å². The molecule has 7 heteroatoms. The van der Waals surface area contributed by atoms with Crippen molar-refractivity contribution in [3.05, 3.63) is 63.6 Å². The minimum Gasteiger partial charge on any atom is -0.355 e. The van der Waals surface area contributed by atoms with Crippen LogP contribution in [0.1, 0.15) is 15.9 Å². The number of likely N-dealkylation sites (N-methyl/N-ethyl adjacent to an activating group) is 1. The van der Waals surface area contributed by atoms with Crippen molar-refractivity contribution in [2.45, 2.75) is 6.54 Å². The first-order chi connectivity index (χ1) is 11.9. The van der Waals surface area contributed by atoms with E-state index in [0.717, 1.165) is 10.5 Å². The van der Waals surface area contributed by atoms with Crippen LogP contribution in [-0.2, 0) is 11.3 Å². The molecule has 5 nitrogen and oxygen atoms in total. The van der Waals surface area contributed by atoms with Crippen LogP contribution >= 0.6 is 23.2 Å². The van der Waals surface area contributed by atoms with E-state index in [4.69, 9.17) is 23.2 Å². The van der Waals surface area contributed by atoms with E-state index in [1.807, 2.05) is 19.2 Å². The number of quaternary nitrogens is 1. The Morgan fingerprint density at radius 3 is 2.40 bits per heavy atom. The Labute approximate surface area is 156 Å². The number of carbonyl (C=O) groups is 2. The van der Waals surface area contributed by atoms with Crippen LogP contribution in [0.15, 0.2) is 42.5 Å². The molecule has 1 unspecified atom stereocenters. The molecule has 0 spiro atoms. The fourth-order valence-electron chi connectivity index (χ4n) is 2.40. The minimum atomic E-state index is -0.166. The fraction of sp³-hybridized carbons (Fsp3) is 0.222. The number of nitrogens with one attached hydrogen (secondary N) is 3. The Kier molecular flexibility index (Phi) is 6.82. The average Bonchev–Trinajstić information content (AvgIpc) is 2.58. The molecule has 0 aliphatic rings. The van der Waals surface area contributed by atoms with E-state index in [-0.39, 0.29) is 18.4 Å². The monoisotopic (exact) mass is 380 g/mol. The lowest BCUT2D eigenvalue weighted by molar-refractivity contribution is -0.885. The van der Waals surface area contributed by atoms with E-state index in [9.17, 15) is 9.59 Å². The van der Waals surface area contributed by atoms with Crippen LogP contribution < -0.4 is 15.5 Å². The second-order valence-corrected chi connectivity index (χ2v) is 6.51. The van der Waals surface area contributed by atoms with E-state index >= 15 is 0 Å². The molecule has 0 aromatic heterocycles. The number of halogens is 2. The first-order valence-electron chi connectivity index (χ1n) is 7.77. The van der Waals surface area contributed by atoms with E-state index in [1.54, 1.807) is 37.4 Å². The third-order valence-corrected chi connectivity index (χ3v) is 4.50. The van der Waals surface area contributed by atoms with Gasteiger partial charge in [-0.2, -0.15) is 0 Å². The summed E-state index contributed by atoms with van der Waals surface area (Å²) in [6.45, 7) is 0.864. The highest BCUT2D eigenvalue weighted by atomic mass is 35.5. The minimum absolute atomic E-state index is 0.122. The van der Waals surface area contributed by atoms with E-state index in [2.05, 4.69) is 10.6 Å². The lowest BCUT2D eigenvalue weighted by atomic mass is 10.2. The number of benzene rings is 2. The van der Waals surface area contributed by atoms with Gasteiger partial charge in [0.2, 0.25) is 0 Å². The molecule has 2 aromatic rings. The third kappa shape index (κ3) is 5.46. The second-order valence-electron chi connectivity index (χ2n) is 5.73. The summed E-state index contributed by atoms with van der Waals surface area (Å²) in [7, 11) is 3.48. The summed E-state index contributed by atoms with van der Waals surface area (Å²) in [4.78, 5) is 24.6. The molecule has 0 aliphatic carbocycles. The first kappa shape index (κ1) is 19.2. The van der Waals surface area contributed by atoms with Gasteiger partial charge in [-0.3, -0.25) is 9.59 Å². The molecule has 0 bridgehead atoms. The maximum atomic E-state index is 12.2. The van der Waals surface area contributed by atoms with Gasteiger partial charge < -0.3 is 15.5 Å². The summed E-state index contributed by atoms with van der Waals surface area (Å²) < 4.78 is 0. The van der Waals surface area contributed by atoms with Crippen molar-refractivity contribution in [1.82, 2.24) is 5.32 Å². The van der Waals surface area contributed by atoms with Crippen LogP contribution in [0.2, 0.25) is 10.0 Å². The number of rotatable bonds is 6. The Bertz CT molecular complexity index is 763. The first-order valence-corrected chi connectivity index (χ1v) is 8.52. The average molecular weight is 381 g/mol. The van der Waals surface area contributed by atoms with Crippen LogP contribution in [0.5, 0.6) is 0 Å². The number of carbonyl (C=O) groups excluding carboxylic acids is 2. The zero-order valence-corrected chi connectivity index (χ0v) is 15.5. The summed E-state index contributed by atoms with van der Waals surface area (Å²) in [5.74, 6) is -0.288. The van der Waals surface area contributed by atoms with Gasteiger partial charge in [0.25, 0.3) is 11.8 Å². The fourth-order valence-corrected chi connectivity index (χ4v) is 2.79. The van der Waals surface area contributed by atoms with Gasteiger partial charge in [-0.1, -0.05) is 35.3 Å². The summed E-state index contributed by atoms with van der Waals surface area (Å²) >= 11 is 12.2. The van der Waals surface area contributed by atoms with E-state index in [1.165, 1.54) is 0 Å². The molecule has 0 saturated heterocycles. The highest BCUT2D eigenvalue weighted by Crippen LogP contribution is 2.24. The number of hydrogen-bond donors (Lipinski definition) is 3. The van der Waals surface area contributed by atoms with Crippen LogP contribution in [0.3, 0.4) is 0 Å². The molecular weight excluding hydrogens is 361 g/mol. The van der Waals surface area contributed by atoms with Gasteiger partial charge in [0, 0.05) is 23.9 Å². The number of hydrogen-bond acceptors (Lipinski definition) is 2. The Balaban J connectivity index is 1.91. The van der Waals surface area contributed by atoms with Crippen molar-refractivity contribution in [1.29, 1.82) is 0 Å². The highest BCUT2D eigenvalue weighted by molar-refractivity contribution is 6.42. The van der Waals surface area contributed by atoms with Crippen LogP contribution in [0.4, 0.5) is 5.69 Å². The molecule has 0 radical (unpaired) electrons. The second kappa shape index (κ2) is 8.85. The van der Waals surface area contributed by atoms with Crippen molar-refractivity contribution in [2.24, 2.45) is 0 Å². The predicted molar refractivity (Wildman–Crippen MR) is 100 cm³/mol. The zero-order valence-electron chi connectivity index (χ0n) is 14.0. The van der Waals surface area contributed by atoms with Crippen molar-refractivity contribution in [2.75, 3.05) is 26.0 Å². The lowest BCUT2D eigenvalue weighted by Crippen LogP contribution is -3.08. The van der Waals surface area contributed by atoms with E-state index in [0.29, 0.717) is 27.8 Å². The summed E-state index contributed by atoms with van der Waals surface area (Å²) in [5.41, 5.74) is 2.08. The Morgan fingerprint density at radius 1 is 1.08 bits per heavy atom. The van der Waals surface area contributed by atoms with Crippen molar-refractivity contribution in [3.8, 4) is 0 Å². The van der Waals surface area contributed by atoms with Crippen molar-refractivity contribution >= 4 is 40.7 Å². The quantitative estimate of drug-likeness (QED) is 0.717. The highest BCUT2D eigenvalue weighted by Gasteiger charge is 2.14. The van der Waals surface area contributed by atoms with Crippen molar-refractivity contribution < 1.29 is 14.5 Å². The van der Waals surface area contributed by atoms with Gasteiger partial charge in [-0.15, -0.1) is 0 Å². The zero-order chi connectivity index (χ0) is 18.4. The number of amides is 2. The smallest absolute Gasteiger partial charge is 0.279 e. The SMILES string of the molecule is CNC(=O)c1ccc(NC(=O)C[NH+](C)Cc2cccc(Cl)c2Cl)cc1. The largest absolute Gasteiger partial charge is 0.355 e. The molecule has 0 aliphatic heterocycles.